The number of halogens is 1. The third kappa shape index (κ3) is 2.52. The third-order valence-corrected chi connectivity index (χ3v) is 4.79. The summed E-state index contributed by atoms with van der Waals surface area (Å²) >= 11 is 6.68. The standard InChI is InChI=1S/C9H7ClN2O2S2/c10-7-4-5-9(15-7)16(13,14)12-8-3-1-2-6-11-8/h1-6H,(H,11,12). The molecule has 0 aliphatic carbocycles. The zero-order valence-corrected chi connectivity index (χ0v) is 10.3. The van der Waals surface area contributed by atoms with E-state index in [-0.39, 0.29) is 10.0 Å². The molecule has 0 aliphatic rings. The normalized spacial score (nSPS) is 11.3. The molecule has 0 bridgehead atoms. The summed E-state index contributed by atoms with van der Waals surface area (Å²) in [6.07, 6.45) is 1.51. The Morgan fingerprint density at radius 2 is 2.06 bits per heavy atom. The smallest absolute Gasteiger partial charge is 0.263 e. The molecule has 1 N–H and O–H groups in total. The lowest BCUT2D eigenvalue weighted by molar-refractivity contribution is 0.603. The van der Waals surface area contributed by atoms with E-state index in [1.807, 2.05) is 0 Å². The minimum Gasteiger partial charge on any atom is -0.263 e. The maximum atomic E-state index is 11.8. The summed E-state index contributed by atoms with van der Waals surface area (Å²) in [6, 6.07) is 7.98. The molecule has 2 aromatic rings. The first-order chi connectivity index (χ1) is 7.58. The number of hydrogen-bond acceptors (Lipinski definition) is 4. The molecule has 2 aromatic heterocycles. The Morgan fingerprint density at radius 3 is 2.62 bits per heavy atom. The van der Waals surface area contributed by atoms with E-state index in [0.29, 0.717) is 4.34 Å². The summed E-state index contributed by atoms with van der Waals surface area (Å²) in [4.78, 5) is 3.88. The van der Waals surface area contributed by atoms with Crippen LogP contribution in [0.2, 0.25) is 4.34 Å². The number of sulfonamides is 1. The number of thiophene rings is 1. The third-order valence-electron chi connectivity index (χ3n) is 1.72. The lowest BCUT2D eigenvalue weighted by Crippen LogP contribution is -2.12. The van der Waals surface area contributed by atoms with Crippen molar-refractivity contribution < 1.29 is 8.42 Å². The van der Waals surface area contributed by atoms with Crippen molar-refractivity contribution in [3.05, 3.63) is 40.9 Å². The number of anilines is 1. The molecule has 0 unspecified atom stereocenters. The average Bonchev–Trinajstić information content (AvgIpc) is 2.66. The largest absolute Gasteiger partial charge is 0.272 e. The van der Waals surface area contributed by atoms with E-state index < -0.39 is 10.0 Å². The van der Waals surface area contributed by atoms with Crippen molar-refractivity contribution in [2.75, 3.05) is 4.72 Å². The number of rotatable bonds is 3. The first kappa shape index (κ1) is 11.4. The highest BCUT2D eigenvalue weighted by Crippen LogP contribution is 2.26. The van der Waals surface area contributed by atoms with Crippen LogP contribution in [-0.4, -0.2) is 13.4 Å². The number of hydrogen-bond donors (Lipinski definition) is 1. The zero-order chi connectivity index (χ0) is 11.6. The molecule has 0 aliphatic heterocycles. The SMILES string of the molecule is O=S(=O)(Nc1ccccn1)c1ccc(Cl)s1. The van der Waals surface area contributed by atoms with E-state index in [0.717, 1.165) is 11.3 Å². The van der Waals surface area contributed by atoms with Crippen LogP contribution in [0.25, 0.3) is 0 Å². The highest BCUT2D eigenvalue weighted by molar-refractivity contribution is 7.94. The molecule has 0 saturated heterocycles. The fourth-order valence-corrected chi connectivity index (χ4v) is 3.54. The fraction of sp³-hybridized carbons (Fsp3) is 0. The Bertz CT molecular complexity index is 581. The van der Waals surface area contributed by atoms with Gasteiger partial charge in [-0.3, -0.25) is 4.72 Å². The molecule has 0 amide bonds. The van der Waals surface area contributed by atoms with Crippen molar-refractivity contribution in [1.82, 2.24) is 4.98 Å². The summed E-state index contributed by atoms with van der Waals surface area (Å²) < 4.78 is 26.6. The predicted octanol–water partition coefficient (Wildman–Crippen LogP) is 2.60. The zero-order valence-electron chi connectivity index (χ0n) is 7.92. The quantitative estimate of drug-likeness (QED) is 0.936. The van der Waals surface area contributed by atoms with Crippen LogP contribution in [0.1, 0.15) is 0 Å². The highest BCUT2D eigenvalue weighted by atomic mass is 35.5. The maximum Gasteiger partial charge on any atom is 0.272 e. The molecule has 0 saturated carbocycles. The predicted molar refractivity (Wildman–Crippen MR) is 64.4 cm³/mol. The molecule has 0 radical (unpaired) electrons. The topological polar surface area (TPSA) is 59.1 Å². The van der Waals surface area contributed by atoms with Gasteiger partial charge in [-0.1, -0.05) is 17.7 Å². The van der Waals surface area contributed by atoms with Crippen molar-refractivity contribution in [2.45, 2.75) is 4.21 Å². The molecule has 7 heteroatoms. The minimum atomic E-state index is -3.57. The van der Waals surface area contributed by atoms with Gasteiger partial charge in [0.05, 0.1) is 4.34 Å². The summed E-state index contributed by atoms with van der Waals surface area (Å²) in [7, 11) is -3.57. The van der Waals surface area contributed by atoms with Gasteiger partial charge in [0.15, 0.2) is 0 Å². The Labute approximate surface area is 102 Å². The van der Waals surface area contributed by atoms with Gasteiger partial charge in [-0.15, -0.1) is 11.3 Å². The summed E-state index contributed by atoms with van der Waals surface area (Å²) in [5.74, 6) is 0.284. The van der Waals surface area contributed by atoms with E-state index in [2.05, 4.69) is 9.71 Å². The molecule has 0 aromatic carbocycles. The van der Waals surface area contributed by atoms with Gasteiger partial charge in [0, 0.05) is 6.20 Å². The number of nitrogens with zero attached hydrogens (tertiary/aromatic N) is 1. The van der Waals surface area contributed by atoms with Crippen molar-refractivity contribution in [1.29, 1.82) is 0 Å². The second kappa shape index (κ2) is 4.40. The first-order valence-electron chi connectivity index (χ1n) is 4.27. The second-order valence-electron chi connectivity index (χ2n) is 2.88. The Balaban J connectivity index is 2.28. The molecule has 16 heavy (non-hydrogen) atoms. The van der Waals surface area contributed by atoms with Crippen LogP contribution in [-0.2, 0) is 10.0 Å². The van der Waals surface area contributed by atoms with Gasteiger partial charge >= 0.3 is 0 Å². The lowest BCUT2D eigenvalue weighted by atomic mass is 10.5. The molecule has 84 valence electrons. The Morgan fingerprint density at radius 1 is 1.25 bits per heavy atom. The molecule has 2 rings (SSSR count). The Hall–Kier alpha value is -1.11. The van der Waals surface area contributed by atoms with E-state index in [1.54, 1.807) is 24.3 Å². The molecule has 2 heterocycles. The minimum absolute atomic E-state index is 0.170. The van der Waals surface area contributed by atoms with Crippen LogP contribution in [0.3, 0.4) is 0 Å². The number of nitrogens with one attached hydrogen (secondary N) is 1. The van der Waals surface area contributed by atoms with Crippen molar-refractivity contribution in [3.8, 4) is 0 Å². The summed E-state index contributed by atoms with van der Waals surface area (Å²) in [5.41, 5.74) is 0. The van der Waals surface area contributed by atoms with Crippen LogP contribution in [0.15, 0.2) is 40.7 Å². The van der Waals surface area contributed by atoms with Gasteiger partial charge in [0.2, 0.25) is 0 Å². The van der Waals surface area contributed by atoms with E-state index >= 15 is 0 Å². The van der Waals surface area contributed by atoms with E-state index in [9.17, 15) is 8.42 Å². The van der Waals surface area contributed by atoms with Crippen LogP contribution >= 0.6 is 22.9 Å². The first-order valence-corrected chi connectivity index (χ1v) is 6.95. The fourth-order valence-electron chi connectivity index (χ4n) is 1.05. The van der Waals surface area contributed by atoms with Crippen LogP contribution < -0.4 is 4.72 Å². The Kier molecular flexibility index (Phi) is 3.13. The number of aromatic nitrogens is 1. The van der Waals surface area contributed by atoms with Gasteiger partial charge in [-0.05, 0) is 24.3 Å². The lowest BCUT2D eigenvalue weighted by Gasteiger charge is -2.03. The second-order valence-corrected chi connectivity index (χ2v) is 6.50. The monoisotopic (exact) mass is 274 g/mol. The molecular weight excluding hydrogens is 268 g/mol. The maximum absolute atomic E-state index is 11.8. The van der Waals surface area contributed by atoms with E-state index in [1.165, 1.54) is 12.3 Å². The van der Waals surface area contributed by atoms with Crippen molar-refractivity contribution in [2.24, 2.45) is 0 Å². The molecular formula is C9H7ClN2O2S2. The van der Waals surface area contributed by atoms with Crippen LogP contribution in [0.5, 0.6) is 0 Å². The van der Waals surface area contributed by atoms with Crippen molar-refractivity contribution in [3.63, 3.8) is 0 Å². The summed E-state index contributed by atoms with van der Waals surface area (Å²) in [5, 5.41) is 0. The van der Waals surface area contributed by atoms with Gasteiger partial charge in [-0.2, -0.15) is 0 Å². The molecule has 4 nitrogen and oxygen atoms in total. The molecule has 0 atom stereocenters. The molecule has 0 fully saturated rings. The van der Waals surface area contributed by atoms with Gasteiger partial charge in [0.25, 0.3) is 10.0 Å². The molecule has 0 spiro atoms. The number of pyridine rings is 1. The average molecular weight is 275 g/mol. The van der Waals surface area contributed by atoms with Crippen LogP contribution in [0, 0.1) is 0 Å². The highest BCUT2D eigenvalue weighted by Gasteiger charge is 2.16. The van der Waals surface area contributed by atoms with Gasteiger partial charge in [-0.25, -0.2) is 13.4 Å². The van der Waals surface area contributed by atoms with Gasteiger partial charge in [0.1, 0.15) is 10.0 Å². The van der Waals surface area contributed by atoms with E-state index in [4.69, 9.17) is 11.6 Å². The van der Waals surface area contributed by atoms with Gasteiger partial charge < -0.3 is 0 Å². The van der Waals surface area contributed by atoms with Crippen LogP contribution in [0.4, 0.5) is 5.82 Å². The van der Waals surface area contributed by atoms with Crippen molar-refractivity contribution >= 4 is 38.8 Å². The summed E-state index contributed by atoms with van der Waals surface area (Å²) in [6.45, 7) is 0.